The molecule has 0 aromatic heterocycles. The summed E-state index contributed by atoms with van der Waals surface area (Å²) in [5.41, 5.74) is 12.1. The molecule has 0 saturated heterocycles. The van der Waals surface area contributed by atoms with Crippen molar-refractivity contribution in [2.75, 3.05) is 7.11 Å². The summed E-state index contributed by atoms with van der Waals surface area (Å²) in [5.74, 6) is 0. The monoisotopic (exact) mass is 410 g/mol. The summed E-state index contributed by atoms with van der Waals surface area (Å²) in [6.45, 7) is 0.0645. The van der Waals surface area contributed by atoms with Gasteiger partial charge in [-0.15, -0.1) is 0 Å². The quantitative estimate of drug-likeness (QED) is 0.442. The van der Waals surface area contributed by atoms with E-state index in [1.165, 1.54) is 99.2 Å². The fraction of sp³-hybridized carbons (Fsp3) is 0.448. The number of hydrogen-bond donors (Lipinski definition) is 0. The molecule has 0 amide bonds. The Labute approximate surface area is 188 Å². The van der Waals surface area contributed by atoms with Crippen molar-refractivity contribution in [1.29, 1.82) is 0 Å². The van der Waals surface area contributed by atoms with Crippen molar-refractivity contribution < 1.29 is 4.65 Å². The molecule has 1 heterocycles. The normalized spacial score (nSPS) is 24.6. The second-order valence-electron chi connectivity index (χ2n) is 9.54. The highest BCUT2D eigenvalue weighted by Crippen LogP contribution is 2.43. The number of fused-ring (bicyclic) bond motifs is 5. The Balaban J connectivity index is 1.86. The van der Waals surface area contributed by atoms with E-state index in [9.17, 15) is 0 Å². The molecule has 0 radical (unpaired) electrons. The first-order valence-electron chi connectivity index (χ1n) is 12.5. The van der Waals surface area contributed by atoms with Crippen LogP contribution in [0.4, 0.5) is 0 Å². The summed E-state index contributed by atoms with van der Waals surface area (Å²) in [4.78, 5) is 0. The Hall–Kier alpha value is -2.06. The van der Waals surface area contributed by atoms with E-state index in [2.05, 4.69) is 48.5 Å². The summed E-state index contributed by atoms with van der Waals surface area (Å²) in [7, 11) is 1.92. The molecule has 0 spiro atoms. The molecule has 1 aliphatic heterocycles. The van der Waals surface area contributed by atoms with Crippen LogP contribution in [0.5, 0.6) is 0 Å². The first-order valence-corrected chi connectivity index (χ1v) is 12.5. The molecule has 5 rings (SSSR count). The number of rotatable bonds is 1. The maximum atomic E-state index is 6.34. The maximum absolute atomic E-state index is 6.34. The van der Waals surface area contributed by atoms with Crippen molar-refractivity contribution in [2.24, 2.45) is 0 Å². The zero-order chi connectivity index (χ0) is 21.0. The Morgan fingerprint density at radius 2 is 1.10 bits per heavy atom. The highest BCUT2D eigenvalue weighted by atomic mass is 16.4. The molecule has 0 N–H and O–H groups in total. The Morgan fingerprint density at radius 3 is 1.81 bits per heavy atom. The van der Waals surface area contributed by atoms with Gasteiger partial charge in [-0.1, -0.05) is 91.7 Å². The van der Waals surface area contributed by atoms with Crippen LogP contribution in [0.1, 0.15) is 82.6 Å². The van der Waals surface area contributed by atoms with E-state index in [0.29, 0.717) is 0 Å². The van der Waals surface area contributed by atoms with Crippen molar-refractivity contribution in [3.8, 4) is 11.1 Å². The largest absolute Gasteiger partial charge is 0.430 e. The van der Waals surface area contributed by atoms with Crippen LogP contribution < -0.4 is 5.46 Å². The topological polar surface area (TPSA) is 9.23 Å². The van der Waals surface area contributed by atoms with Gasteiger partial charge in [0, 0.05) is 7.11 Å². The lowest BCUT2D eigenvalue weighted by Crippen LogP contribution is -2.37. The second kappa shape index (κ2) is 9.61. The fourth-order valence-electron chi connectivity index (χ4n) is 6.21. The van der Waals surface area contributed by atoms with Crippen LogP contribution in [0.3, 0.4) is 0 Å². The minimum atomic E-state index is 0.0645. The predicted molar refractivity (Wildman–Crippen MR) is 134 cm³/mol. The van der Waals surface area contributed by atoms with Crippen LogP contribution in [-0.2, 0) is 4.65 Å². The van der Waals surface area contributed by atoms with Crippen LogP contribution in [0, 0.1) is 0 Å². The van der Waals surface area contributed by atoms with Gasteiger partial charge in [-0.05, 0) is 78.2 Å². The lowest BCUT2D eigenvalue weighted by Gasteiger charge is -2.27. The molecule has 3 aliphatic rings. The Kier molecular flexibility index (Phi) is 6.46. The zero-order valence-electron chi connectivity index (χ0n) is 19.1. The van der Waals surface area contributed by atoms with E-state index in [1.54, 1.807) is 22.2 Å². The summed E-state index contributed by atoms with van der Waals surface area (Å²) in [6, 6.07) is 18.2. The van der Waals surface area contributed by atoms with Gasteiger partial charge in [0.05, 0.1) is 0 Å². The van der Waals surface area contributed by atoms with Crippen LogP contribution in [0.25, 0.3) is 16.7 Å². The van der Waals surface area contributed by atoms with Crippen LogP contribution >= 0.6 is 0 Å². The van der Waals surface area contributed by atoms with Crippen LogP contribution in [0.2, 0.25) is 0 Å². The molecule has 2 aromatic rings. The third-order valence-corrected chi connectivity index (χ3v) is 7.68. The molecule has 0 fully saturated rings. The second-order valence-corrected chi connectivity index (χ2v) is 9.54. The summed E-state index contributed by atoms with van der Waals surface area (Å²) >= 11 is 0. The molecule has 2 aliphatic carbocycles. The molecule has 1 nitrogen and oxygen atoms in total. The molecule has 0 unspecified atom stereocenters. The summed E-state index contributed by atoms with van der Waals surface area (Å²) in [6.07, 6.45) is 15.5. The molecule has 2 aromatic carbocycles. The minimum Gasteiger partial charge on any atom is -0.430 e. The standard InChI is InChI=1S/C29H35BO/c1-31-30-28-20-9-5-4-8-18-26(28)24-15-7-3-2-6-14-22(24)23-16-10-11-17-25(23)27-19-12-13-21-29(27)30/h10-13,16-17,19,21H,2-9,14-15,18,20H2,1H3/b24-22-,28-26-. The molecule has 0 atom stereocenters. The van der Waals surface area contributed by atoms with E-state index in [0.717, 1.165) is 0 Å². The van der Waals surface area contributed by atoms with Crippen LogP contribution in [-0.4, -0.2) is 14.0 Å². The maximum Gasteiger partial charge on any atom is 0.358 e. The van der Waals surface area contributed by atoms with Crippen molar-refractivity contribution in [3.05, 3.63) is 70.7 Å². The van der Waals surface area contributed by atoms with Gasteiger partial charge in [0.1, 0.15) is 0 Å². The van der Waals surface area contributed by atoms with E-state index in [-0.39, 0.29) is 6.92 Å². The van der Waals surface area contributed by atoms with Crippen molar-refractivity contribution >= 4 is 18.0 Å². The first kappa shape index (κ1) is 20.8. The van der Waals surface area contributed by atoms with Gasteiger partial charge < -0.3 is 4.65 Å². The predicted octanol–water partition coefficient (Wildman–Crippen LogP) is 7.51. The highest BCUT2D eigenvalue weighted by Gasteiger charge is 2.32. The van der Waals surface area contributed by atoms with E-state index in [4.69, 9.17) is 4.65 Å². The molecule has 31 heavy (non-hydrogen) atoms. The number of benzene rings is 2. The average Bonchev–Trinajstić information content (AvgIpc) is 2.80. The fourth-order valence-corrected chi connectivity index (χ4v) is 6.21. The zero-order valence-corrected chi connectivity index (χ0v) is 19.1. The van der Waals surface area contributed by atoms with E-state index in [1.807, 2.05) is 7.11 Å². The molecular formula is C29H35BO. The van der Waals surface area contributed by atoms with Gasteiger partial charge in [-0.2, -0.15) is 0 Å². The average molecular weight is 410 g/mol. The minimum absolute atomic E-state index is 0.0645. The van der Waals surface area contributed by atoms with Gasteiger partial charge in [0.25, 0.3) is 0 Å². The van der Waals surface area contributed by atoms with Gasteiger partial charge in [-0.3, -0.25) is 0 Å². The summed E-state index contributed by atoms with van der Waals surface area (Å²) in [5, 5.41) is 0. The van der Waals surface area contributed by atoms with Gasteiger partial charge in [0.2, 0.25) is 0 Å². The smallest absolute Gasteiger partial charge is 0.358 e. The van der Waals surface area contributed by atoms with Gasteiger partial charge in [0.15, 0.2) is 0 Å². The van der Waals surface area contributed by atoms with E-state index < -0.39 is 0 Å². The lowest BCUT2D eigenvalue weighted by atomic mass is 9.50. The highest BCUT2D eigenvalue weighted by molar-refractivity contribution is 6.75. The third-order valence-electron chi connectivity index (χ3n) is 7.68. The molecule has 0 saturated carbocycles. The first-order chi connectivity index (χ1) is 15.4. The number of allylic oxidation sites excluding steroid dienone is 4. The van der Waals surface area contributed by atoms with Crippen LogP contribution in [0.15, 0.2) is 65.1 Å². The lowest BCUT2D eigenvalue weighted by molar-refractivity contribution is 0.432. The van der Waals surface area contributed by atoms with Crippen molar-refractivity contribution in [1.82, 2.24) is 0 Å². The third kappa shape index (κ3) is 4.07. The van der Waals surface area contributed by atoms with E-state index >= 15 is 0 Å². The van der Waals surface area contributed by atoms with Gasteiger partial charge >= 0.3 is 6.92 Å². The molecular weight excluding hydrogens is 375 g/mol. The number of hydrogen-bond acceptors (Lipinski definition) is 1. The summed E-state index contributed by atoms with van der Waals surface area (Å²) < 4.78 is 6.34. The van der Waals surface area contributed by atoms with Crippen molar-refractivity contribution in [3.63, 3.8) is 0 Å². The molecule has 2 heteroatoms. The van der Waals surface area contributed by atoms with Gasteiger partial charge in [-0.25, -0.2) is 0 Å². The Bertz CT molecular complexity index is 999. The molecule has 0 bridgehead atoms. The van der Waals surface area contributed by atoms with Crippen molar-refractivity contribution in [2.45, 2.75) is 77.0 Å². The Morgan fingerprint density at radius 1 is 0.548 bits per heavy atom. The molecule has 160 valence electrons. The SMILES string of the molecule is COB1/C2=C(CCCCCC2)\C2=C(\CCCCCC2)c2ccccc2-c2ccccc21.